The quantitative estimate of drug-likeness (QED) is 0.408. The Morgan fingerprint density at radius 3 is 2.50 bits per heavy atom. The number of sulfonamides is 1. The van der Waals surface area contributed by atoms with E-state index in [2.05, 4.69) is 20.3 Å². The molecule has 0 spiro atoms. The normalized spacial score (nSPS) is 14.5. The zero-order chi connectivity index (χ0) is 25.3. The van der Waals surface area contributed by atoms with E-state index in [4.69, 9.17) is 0 Å². The van der Waals surface area contributed by atoms with E-state index in [0.717, 1.165) is 21.8 Å². The topological polar surface area (TPSA) is 88.1 Å². The molecule has 0 aliphatic carbocycles. The molecule has 36 heavy (non-hydrogen) atoms. The van der Waals surface area contributed by atoms with Gasteiger partial charge in [-0.2, -0.15) is 13.2 Å². The molecule has 0 fully saturated rings. The minimum Gasteiger partial charge on any atom is -0.313 e. The van der Waals surface area contributed by atoms with E-state index in [1.54, 1.807) is 30.6 Å². The molecule has 5 rings (SSSR count). The van der Waals surface area contributed by atoms with Gasteiger partial charge in [-0.05, 0) is 60.3 Å². The molecule has 0 amide bonds. The molecule has 7 nitrogen and oxygen atoms in total. The Morgan fingerprint density at radius 1 is 0.944 bits per heavy atom. The Bertz CT molecular complexity index is 1560. The minimum atomic E-state index is -4.59. The predicted octanol–water partition coefficient (Wildman–Crippen LogP) is 4.95. The summed E-state index contributed by atoms with van der Waals surface area (Å²) >= 11 is 0. The van der Waals surface area contributed by atoms with Crippen LogP contribution in [0.5, 0.6) is 0 Å². The second kappa shape index (κ2) is 9.32. The number of rotatable bonds is 5. The number of alkyl halides is 3. The molecule has 0 saturated carbocycles. The fraction of sp³-hybridized carbons (Fsp3) is 0.160. The Morgan fingerprint density at radius 2 is 1.78 bits per heavy atom. The summed E-state index contributed by atoms with van der Waals surface area (Å²) in [6, 6.07) is 10.8. The summed E-state index contributed by atoms with van der Waals surface area (Å²) in [7, 11) is -4.31. The number of anilines is 2. The third-order valence-corrected chi connectivity index (χ3v) is 7.59. The highest BCUT2D eigenvalue weighted by molar-refractivity contribution is 7.93. The molecule has 11 heteroatoms. The number of nitrogens with one attached hydrogen (secondary N) is 1. The van der Waals surface area contributed by atoms with Crippen LogP contribution in [0.4, 0.5) is 24.7 Å². The van der Waals surface area contributed by atoms with Crippen molar-refractivity contribution in [2.45, 2.75) is 17.5 Å². The van der Waals surface area contributed by atoms with Crippen molar-refractivity contribution in [2.75, 3.05) is 17.4 Å². The summed E-state index contributed by atoms with van der Waals surface area (Å²) in [5.74, 6) is 0.00960. The van der Waals surface area contributed by atoms with Gasteiger partial charge in [0.25, 0.3) is 10.0 Å². The lowest BCUT2D eigenvalue weighted by atomic mass is 9.96. The number of halogens is 3. The van der Waals surface area contributed by atoms with Gasteiger partial charge in [-0.1, -0.05) is 12.1 Å². The highest BCUT2D eigenvalue weighted by atomic mass is 32.2. The van der Waals surface area contributed by atoms with Gasteiger partial charge >= 0.3 is 6.18 Å². The number of benzene rings is 2. The first-order chi connectivity index (χ1) is 17.2. The molecule has 2 aromatic carbocycles. The molecule has 0 saturated heterocycles. The highest BCUT2D eigenvalue weighted by Crippen LogP contribution is 2.41. The third-order valence-electron chi connectivity index (χ3n) is 5.88. The lowest BCUT2D eigenvalue weighted by Crippen LogP contribution is -2.29. The van der Waals surface area contributed by atoms with E-state index >= 15 is 0 Å². The number of pyridine rings is 1. The van der Waals surface area contributed by atoms with E-state index in [-0.39, 0.29) is 22.0 Å². The highest BCUT2D eigenvalue weighted by Gasteiger charge is 2.35. The zero-order valence-corrected chi connectivity index (χ0v) is 19.6. The van der Waals surface area contributed by atoms with Crippen LogP contribution in [-0.4, -0.2) is 36.5 Å². The van der Waals surface area contributed by atoms with Crippen LogP contribution in [0.1, 0.15) is 17.5 Å². The van der Waals surface area contributed by atoms with Crippen molar-refractivity contribution in [1.82, 2.24) is 20.3 Å². The van der Waals surface area contributed by atoms with Gasteiger partial charge in [-0.3, -0.25) is 4.98 Å². The molecule has 0 unspecified atom stereocenters. The number of nitrogens with zero attached hydrogens (tertiary/aromatic N) is 4. The van der Waals surface area contributed by atoms with E-state index < -0.39 is 21.8 Å². The van der Waals surface area contributed by atoms with Gasteiger partial charge in [0.2, 0.25) is 0 Å². The first-order valence-electron chi connectivity index (χ1n) is 11.0. The lowest BCUT2D eigenvalue weighted by molar-refractivity contribution is -0.137. The zero-order valence-electron chi connectivity index (χ0n) is 18.8. The summed E-state index contributed by atoms with van der Waals surface area (Å²) in [6.07, 6.45) is 3.36. The first-order valence-corrected chi connectivity index (χ1v) is 12.5. The second-order valence-electron chi connectivity index (χ2n) is 8.13. The van der Waals surface area contributed by atoms with E-state index in [0.29, 0.717) is 30.5 Å². The van der Waals surface area contributed by atoms with Crippen molar-refractivity contribution in [3.05, 3.63) is 90.7 Å². The van der Waals surface area contributed by atoms with Crippen LogP contribution in [0.3, 0.4) is 0 Å². The van der Waals surface area contributed by atoms with Gasteiger partial charge in [0.1, 0.15) is 6.33 Å². The molecule has 0 atom stereocenters. The Labute approximate surface area is 205 Å². The largest absolute Gasteiger partial charge is 0.416 e. The van der Waals surface area contributed by atoms with Crippen LogP contribution >= 0.6 is 0 Å². The van der Waals surface area contributed by atoms with Crippen LogP contribution < -0.4 is 9.62 Å². The molecule has 4 aromatic rings. The molecular formula is C25H20F3N5O2S. The number of hydrogen-bond acceptors (Lipinski definition) is 6. The molecule has 1 aliphatic heterocycles. The van der Waals surface area contributed by atoms with E-state index in [1.807, 2.05) is 0 Å². The third kappa shape index (κ3) is 4.54. The second-order valence-corrected chi connectivity index (χ2v) is 9.92. The van der Waals surface area contributed by atoms with Crippen LogP contribution in [-0.2, 0) is 16.2 Å². The Balaban J connectivity index is 1.75. The maximum absolute atomic E-state index is 14.1. The maximum atomic E-state index is 14.1. The SMILES string of the molecule is O=S(=O)(c1ccc2cnccc2c1)N(c1ccncn1)c1ccc(C(F)(F)F)cc1C1=CCNCC1. The fourth-order valence-electron chi connectivity index (χ4n) is 4.12. The van der Waals surface area contributed by atoms with Crippen LogP contribution in [0.25, 0.3) is 16.3 Å². The summed E-state index contributed by atoms with van der Waals surface area (Å²) in [6.45, 7) is 1.02. The van der Waals surface area contributed by atoms with E-state index in [1.165, 1.54) is 36.8 Å². The maximum Gasteiger partial charge on any atom is 0.416 e. The molecule has 184 valence electrons. The molecule has 3 heterocycles. The van der Waals surface area contributed by atoms with Crippen molar-refractivity contribution in [3.8, 4) is 0 Å². The number of fused-ring (bicyclic) bond motifs is 1. The Hall–Kier alpha value is -3.83. The van der Waals surface area contributed by atoms with Crippen LogP contribution in [0, 0.1) is 0 Å². The molecule has 0 radical (unpaired) electrons. The molecule has 0 bridgehead atoms. The van der Waals surface area contributed by atoms with Crippen molar-refractivity contribution >= 4 is 37.9 Å². The van der Waals surface area contributed by atoms with Crippen molar-refractivity contribution < 1.29 is 21.6 Å². The summed E-state index contributed by atoms with van der Waals surface area (Å²) in [4.78, 5) is 12.0. The first kappa shape index (κ1) is 23.9. The van der Waals surface area contributed by atoms with Gasteiger partial charge in [-0.25, -0.2) is 22.7 Å². The smallest absolute Gasteiger partial charge is 0.313 e. The molecule has 2 aromatic heterocycles. The van der Waals surface area contributed by atoms with Gasteiger partial charge < -0.3 is 5.32 Å². The van der Waals surface area contributed by atoms with Crippen molar-refractivity contribution in [3.63, 3.8) is 0 Å². The summed E-state index contributed by atoms with van der Waals surface area (Å²) in [5.41, 5.74) is 0.00999. The molecule has 1 aliphatic rings. The van der Waals surface area contributed by atoms with Gasteiger partial charge in [0, 0.05) is 42.2 Å². The monoisotopic (exact) mass is 511 g/mol. The lowest BCUT2D eigenvalue weighted by Gasteiger charge is -2.28. The van der Waals surface area contributed by atoms with Gasteiger partial charge in [0.05, 0.1) is 16.1 Å². The summed E-state index contributed by atoms with van der Waals surface area (Å²) < 4.78 is 70.1. The average molecular weight is 512 g/mol. The Kier molecular flexibility index (Phi) is 6.19. The number of hydrogen-bond donors (Lipinski definition) is 1. The summed E-state index contributed by atoms with van der Waals surface area (Å²) in [5, 5.41) is 4.53. The number of aromatic nitrogens is 3. The van der Waals surface area contributed by atoms with Crippen molar-refractivity contribution in [1.29, 1.82) is 0 Å². The van der Waals surface area contributed by atoms with E-state index in [9.17, 15) is 21.6 Å². The van der Waals surface area contributed by atoms with Crippen LogP contribution in [0.15, 0.2) is 84.4 Å². The van der Waals surface area contributed by atoms with Gasteiger partial charge in [-0.15, -0.1) is 0 Å². The molecular weight excluding hydrogens is 491 g/mol. The van der Waals surface area contributed by atoms with Crippen molar-refractivity contribution in [2.24, 2.45) is 0 Å². The standard InChI is InChI=1S/C25H20F3N5O2S/c26-25(27,28)20-2-4-23(22(14-20)17-5-9-29-10-6-17)33(24-8-12-31-16-32-24)36(34,35)21-3-1-19-15-30-11-7-18(19)13-21/h1-5,7-8,11-16,29H,6,9-10H2. The molecule has 1 N–H and O–H groups in total. The predicted molar refractivity (Wildman–Crippen MR) is 130 cm³/mol. The minimum absolute atomic E-state index is 0.00960. The fourth-order valence-corrected chi connectivity index (χ4v) is 5.62. The average Bonchev–Trinajstić information content (AvgIpc) is 2.89. The van der Waals surface area contributed by atoms with Gasteiger partial charge in [0.15, 0.2) is 5.82 Å². The van der Waals surface area contributed by atoms with Crippen LogP contribution in [0.2, 0.25) is 0 Å².